The number of nitrogens with one attached hydrogen (secondary N) is 1. The first-order chi connectivity index (χ1) is 15.7. The van der Waals surface area contributed by atoms with Gasteiger partial charge < -0.3 is 19.3 Å². The highest BCUT2D eigenvalue weighted by Crippen LogP contribution is 2.36. The van der Waals surface area contributed by atoms with E-state index in [1.165, 1.54) is 11.8 Å². The van der Waals surface area contributed by atoms with Crippen molar-refractivity contribution in [3.63, 3.8) is 0 Å². The largest absolute Gasteiger partial charge is 0.485 e. The van der Waals surface area contributed by atoms with Gasteiger partial charge in [0.05, 0.1) is 5.75 Å². The summed E-state index contributed by atoms with van der Waals surface area (Å²) in [6, 6.07) is 18.9. The fourth-order valence-electron chi connectivity index (χ4n) is 3.28. The number of ether oxygens (including phenoxy) is 2. The van der Waals surface area contributed by atoms with Crippen molar-refractivity contribution in [2.45, 2.75) is 18.2 Å². The van der Waals surface area contributed by atoms with Crippen LogP contribution in [0.3, 0.4) is 0 Å². The Labute approximate surface area is 187 Å². The monoisotopic (exact) mass is 449 g/mol. The molecule has 4 aromatic rings. The molecule has 1 aliphatic rings. The molecule has 0 aliphatic carbocycles. The predicted octanol–water partition coefficient (Wildman–Crippen LogP) is 3.81. The number of benzene rings is 2. The van der Waals surface area contributed by atoms with Gasteiger partial charge in [-0.25, -0.2) is 0 Å². The van der Waals surface area contributed by atoms with E-state index in [4.69, 9.17) is 14.0 Å². The molecule has 1 aliphatic heterocycles. The molecule has 2 aromatic carbocycles. The van der Waals surface area contributed by atoms with Crippen molar-refractivity contribution in [1.29, 1.82) is 0 Å². The molecule has 162 valence electrons. The van der Waals surface area contributed by atoms with Crippen LogP contribution in [0.1, 0.15) is 17.7 Å². The molecule has 3 heterocycles. The Morgan fingerprint density at radius 2 is 1.91 bits per heavy atom. The average molecular weight is 449 g/mol. The van der Waals surface area contributed by atoms with Crippen LogP contribution in [0.2, 0.25) is 0 Å². The van der Waals surface area contributed by atoms with Crippen molar-refractivity contribution in [2.24, 2.45) is 0 Å². The van der Waals surface area contributed by atoms with Gasteiger partial charge in [-0.15, -0.1) is 10.2 Å². The third-order valence-electron chi connectivity index (χ3n) is 4.70. The number of aryl methyl sites for hydroxylation is 1. The summed E-state index contributed by atoms with van der Waals surface area (Å²) < 4.78 is 18.9. The summed E-state index contributed by atoms with van der Waals surface area (Å²) in [6.07, 6.45) is -0.445. The number of amides is 1. The lowest BCUT2D eigenvalue weighted by molar-refractivity contribution is -0.113. The molecule has 0 spiro atoms. The Morgan fingerprint density at radius 1 is 1.12 bits per heavy atom. The number of anilines is 1. The maximum absolute atomic E-state index is 12.4. The quantitative estimate of drug-likeness (QED) is 0.443. The van der Waals surface area contributed by atoms with Gasteiger partial charge in [0.1, 0.15) is 12.4 Å². The van der Waals surface area contributed by atoms with Gasteiger partial charge >= 0.3 is 0 Å². The summed E-state index contributed by atoms with van der Waals surface area (Å²) in [5.74, 6) is 2.86. The van der Waals surface area contributed by atoms with Crippen LogP contribution in [-0.4, -0.2) is 38.2 Å². The van der Waals surface area contributed by atoms with E-state index in [9.17, 15) is 4.79 Å². The molecule has 0 bridgehead atoms. The minimum absolute atomic E-state index is 0.127. The highest BCUT2D eigenvalue weighted by atomic mass is 32.2. The number of carbonyl (C=O) groups is 1. The van der Waals surface area contributed by atoms with Gasteiger partial charge in [0.15, 0.2) is 34.4 Å². The molecule has 2 aromatic heterocycles. The minimum atomic E-state index is -0.445. The van der Waals surface area contributed by atoms with E-state index in [0.29, 0.717) is 40.7 Å². The number of fused-ring (bicyclic) bond motifs is 1. The van der Waals surface area contributed by atoms with Crippen LogP contribution in [0.4, 0.5) is 5.82 Å². The fourth-order valence-corrected chi connectivity index (χ4v) is 4.04. The van der Waals surface area contributed by atoms with E-state index in [0.717, 1.165) is 5.69 Å². The number of rotatable bonds is 6. The zero-order valence-electron chi connectivity index (χ0n) is 17.1. The molecule has 0 fully saturated rings. The number of nitrogens with zero attached hydrogens (tertiary/aromatic N) is 4. The van der Waals surface area contributed by atoms with Crippen LogP contribution in [-0.2, 0) is 4.79 Å². The highest BCUT2D eigenvalue weighted by Gasteiger charge is 2.29. The maximum atomic E-state index is 12.4. The third-order valence-corrected chi connectivity index (χ3v) is 5.63. The number of aromatic nitrogens is 4. The number of para-hydroxylation sites is 3. The second-order valence-corrected chi connectivity index (χ2v) is 7.98. The number of hydrogen-bond acceptors (Lipinski definition) is 8. The Morgan fingerprint density at radius 3 is 2.69 bits per heavy atom. The number of hydrogen-bond donors (Lipinski definition) is 1. The zero-order chi connectivity index (χ0) is 21.9. The summed E-state index contributed by atoms with van der Waals surface area (Å²) in [4.78, 5) is 12.4. The fraction of sp³-hybridized carbons (Fsp3) is 0.182. The lowest BCUT2D eigenvalue weighted by Crippen LogP contribution is -2.24. The second-order valence-electron chi connectivity index (χ2n) is 7.04. The molecule has 0 saturated carbocycles. The molecular weight excluding hydrogens is 430 g/mol. The summed E-state index contributed by atoms with van der Waals surface area (Å²) in [5.41, 5.74) is 0.866. The lowest BCUT2D eigenvalue weighted by atomic mass is 10.2. The van der Waals surface area contributed by atoms with Crippen molar-refractivity contribution < 1.29 is 18.8 Å². The summed E-state index contributed by atoms with van der Waals surface area (Å²) in [7, 11) is 0. The Kier molecular flexibility index (Phi) is 5.51. The molecule has 1 amide bonds. The number of thioether (sulfide) groups is 1. The normalized spacial score (nSPS) is 14.8. The van der Waals surface area contributed by atoms with Crippen LogP contribution in [0.25, 0.3) is 5.69 Å². The van der Waals surface area contributed by atoms with Crippen molar-refractivity contribution in [3.05, 3.63) is 72.2 Å². The predicted molar refractivity (Wildman–Crippen MR) is 117 cm³/mol. The Balaban J connectivity index is 1.39. The van der Waals surface area contributed by atoms with Gasteiger partial charge in [-0.2, -0.15) is 0 Å². The van der Waals surface area contributed by atoms with E-state index < -0.39 is 6.10 Å². The Bertz CT molecular complexity index is 1240. The van der Waals surface area contributed by atoms with Gasteiger partial charge in [-0.1, -0.05) is 47.3 Å². The summed E-state index contributed by atoms with van der Waals surface area (Å²) in [5, 5.41) is 15.8. The zero-order valence-corrected chi connectivity index (χ0v) is 17.9. The second kappa shape index (κ2) is 8.75. The molecule has 1 N–H and O–H groups in total. The maximum Gasteiger partial charge on any atom is 0.236 e. The van der Waals surface area contributed by atoms with Crippen LogP contribution in [0.15, 0.2) is 70.3 Å². The highest BCUT2D eigenvalue weighted by molar-refractivity contribution is 7.99. The van der Waals surface area contributed by atoms with E-state index in [1.807, 2.05) is 59.2 Å². The smallest absolute Gasteiger partial charge is 0.236 e. The van der Waals surface area contributed by atoms with Crippen molar-refractivity contribution in [1.82, 2.24) is 19.9 Å². The topological polar surface area (TPSA) is 104 Å². The Hall–Kier alpha value is -3.79. The molecule has 5 rings (SSSR count). The average Bonchev–Trinajstić information content (AvgIpc) is 3.43. The SMILES string of the molecule is Cc1cc(NC(=O)CSc2nnc([C@@H]3COc4ccccc4O3)n2-c2ccccc2)no1. The first-order valence-corrected chi connectivity index (χ1v) is 10.9. The van der Waals surface area contributed by atoms with Crippen molar-refractivity contribution in [2.75, 3.05) is 17.7 Å². The lowest BCUT2D eigenvalue weighted by Gasteiger charge is -2.26. The van der Waals surface area contributed by atoms with Gasteiger partial charge in [0, 0.05) is 11.8 Å². The molecule has 9 nitrogen and oxygen atoms in total. The number of carbonyl (C=O) groups excluding carboxylic acids is 1. The molecule has 0 radical (unpaired) electrons. The van der Waals surface area contributed by atoms with E-state index in [1.54, 1.807) is 13.0 Å². The molecule has 0 saturated heterocycles. The van der Waals surface area contributed by atoms with Gasteiger partial charge in [-0.05, 0) is 31.2 Å². The van der Waals surface area contributed by atoms with Crippen LogP contribution in [0, 0.1) is 6.92 Å². The van der Waals surface area contributed by atoms with E-state index in [-0.39, 0.29) is 11.7 Å². The van der Waals surface area contributed by atoms with Gasteiger partial charge in [0.25, 0.3) is 0 Å². The van der Waals surface area contributed by atoms with Gasteiger partial charge in [-0.3, -0.25) is 9.36 Å². The first-order valence-electron chi connectivity index (χ1n) is 9.92. The standard InChI is InChI=1S/C22H19N5O4S/c1-14-11-19(26-31-14)23-20(28)13-32-22-25-24-21(27(22)15-7-3-2-4-8-15)18-12-29-16-9-5-6-10-17(16)30-18/h2-11,18H,12-13H2,1H3,(H,23,26,28)/t18-/m0/s1. The minimum Gasteiger partial charge on any atom is -0.485 e. The summed E-state index contributed by atoms with van der Waals surface area (Å²) >= 11 is 1.27. The molecular formula is C22H19N5O4S. The van der Waals surface area contributed by atoms with E-state index in [2.05, 4.69) is 20.7 Å². The first kappa shape index (κ1) is 20.1. The molecule has 32 heavy (non-hydrogen) atoms. The van der Waals surface area contributed by atoms with Gasteiger partial charge in [0.2, 0.25) is 5.91 Å². The van der Waals surface area contributed by atoms with E-state index >= 15 is 0 Å². The van der Waals surface area contributed by atoms with Crippen LogP contribution < -0.4 is 14.8 Å². The molecule has 0 unspecified atom stereocenters. The third kappa shape index (κ3) is 4.17. The summed E-state index contributed by atoms with van der Waals surface area (Å²) in [6.45, 7) is 2.06. The molecule has 10 heteroatoms. The van der Waals surface area contributed by atoms with Crippen LogP contribution in [0.5, 0.6) is 11.5 Å². The molecule has 1 atom stereocenters. The van der Waals surface area contributed by atoms with Crippen molar-refractivity contribution >= 4 is 23.5 Å². The van der Waals surface area contributed by atoms with Crippen LogP contribution >= 0.6 is 11.8 Å². The van der Waals surface area contributed by atoms with Crippen molar-refractivity contribution in [3.8, 4) is 17.2 Å².